The molecular formula is C13H15NaO2. The van der Waals surface area contributed by atoms with E-state index in [9.17, 15) is 4.79 Å². The van der Waals surface area contributed by atoms with Gasteiger partial charge in [-0.25, -0.2) is 0 Å². The topological polar surface area (TPSA) is 37.3 Å². The maximum absolute atomic E-state index is 10.2. The molecule has 0 aromatic heterocycles. The first-order valence-corrected chi connectivity index (χ1v) is 5.05. The summed E-state index contributed by atoms with van der Waals surface area (Å²) < 4.78 is 0. The fourth-order valence-electron chi connectivity index (χ4n) is 1.18. The van der Waals surface area contributed by atoms with E-state index in [4.69, 9.17) is 5.11 Å². The van der Waals surface area contributed by atoms with E-state index >= 15 is 0 Å². The number of unbranched alkanes of at least 4 members (excludes halogenated alkanes) is 2. The molecule has 80 valence electrons. The number of carboxylic acids is 1. The first-order valence-electron chi connectivity index (χ1n) is 5.05. The molecule has 0 fully saturated rings. The Kier molecular flexibility index (Phi) is 9.03. The number of hydrogen-bond acceptors (Lipinski definition) is 1. The summed E-state index contributed by atoms with van der Waals surface area (Å²) in [5.74, 6) is 5.34. The van der Waals surface area contributed by atoms with Crippen molar-refractivity contribution in [2.45, 2.75) is 25.7 Å². The van der Waals surface area contributed by atoms with Crippen LogP contribution in [0.4, 0.5) is 0 Å². The molecule has 2 nitrogen and oxygen atoms in total. The number of carboxylic acid groups (broad SMARTS) is 1. The van der Waals surface area contributed by atoms with Crippen molar-refractivity contribution in [1.82, 2.24) is 0 Å². The van der Waals surface area contributed by atoms with Crippen LogP contribution in [0.15, 0.2) is 30.3 Å². The summed E-state index contributed by atoms with van der Waals surface area (Å²) in [6.45, 7) is 0. The van der Waals surface area contributed by atoms with Gasteiger partial charge in [-0.1, -0.05) is 30.0 Å². The van der Waals surface area contributed by atoms with Crippen molar-refractivity contribution >= 4 is 5.97 Å². The smallest absolute Gasteiger partial charge is 1.00 e. The van der Waals surface area contributed by atoms with Gasteiger partial charge in [0.1, 0.15) is 0 Å². The van der Waals surface area contributed by atoms with Crippen LogP contribution in [0, 0.1) is 11.8 Å². The van der Waals surface area contributed by atoms with E-state index in [0.717, 1.165) is 18.4 Å². The van der Waals surface area contributed by atoms with Crippen LogP contribution < -0.4 is 29.6 Å². The molecule has 1 rings (SSSR count). The van der Waals surface area contributed by atoms with Gasteiger partial charge in [0.15, 0.2) is 0 Å². The number of aliphatic carboxylic acids is 1. The third-order valence-electron chi connectivity index (χ3n) is 1.95. The third-order valence-corrected chi connectivity index (χ3v) is 1.95. The Balaban J connectivity index is 0. The van der Waals surface area contributed by atoms with Crippen molar-refractivity contribution in [3.63, 3.8) is 0 Å². The SMILES string of the molecule is O=C(O)CCCCC#Cc1ccccc1.[H-].[Na+]. The van der Waals surface area contributed by atoms with E-state index in [0.29, 0.717) is 6.42 Å². The van der Waals surface area contributed by atoms with Gasteiger partial charge in [-0.3, -0.25) is 4.79 Å². The van der Waals surface area contributed by atoms with Gasteiger partial charge in [0, 0.05) is 18.4 Å². The molecule has 0 spiro atoms. The zero-order valence-corrected chi connectivity index (χ0v) is 11.6. The van der Waals surface area contributed by atoms with Crippen molar-refractivity contribution in [1.29, 1.82) is 0 Å². The van der Waals surface area contributed by atoms with Gasteiger partial charge < -0.3 is 6.53 Å². The van der Waals surface area contributed by atoms with E-state index in [1.54, 1.807) is 0 Å². The van der Waals surface area contributed by atoms with Gasteiger partial charge in [-0.05, 0) is 25.0 Å². The Hall–Kier alpha value is -0.750. The molecule has 0 bridgehead atoms. The summed E-state index contributed by atoms with van der Waals surface area (Å²) in [5, 5.41) is 8.41. The van der Waals surface area contributed by atoms with Crippen molar-refractivity contribution in [2.24, 2.45) is 0 Å². The summed E-state index contributed by atoms with van der Waals surface area (Å²) in [7, 11) is 0. The zero-order chi connectivity index (χ0) is 10.9. The quantitative estimate of drug-likeness (QED) is 0.438. The van der Waals surface area contributed by atoms with Gasteiger partial charge in [0.25, 0.3) is 0 Å². The van der Waals surface area contributed by atoms with E-state index in [-0.39, 0.29) is 37.4 Å². The number of rotatable bonds is 4. The van der Waals surface area contributed by atoms with Crippen LogP contribution in [0.25, 0.3) is 0 Å². The van der Waals surface area contributed by atoms with Crippen LogP contribution in [0.1, 0.15) is 32.7 Å². The summed E-state index contributed by atoms with van der Waals surface area (Å²) >= 11 is 0. The van der Waals surface area contributed by atoms with Crippen LogP contribution in [0.2, 0.25) is 0 Å². The maximum Gasteiger partial charge on any atom is 1.00 e. The van der Waals surface area contributed by atoms with E-state index < -0.39 is 5.97 Å². The molecule has 0 saturated carbocycles. The number of hydrogen-bond donors (Lipinski definition) is 1. The van der Waals surface area contributed by atoms with Crippen LogP contribution >= 0.6 is 0 Å². The molecule has 1 aromatic carbocycles. The molecule has 0 saturated heterocycles. The standard InChI is InChI=1S/C13H14O2.Na.H/c14-13(15)11-7-2-1-4-8-12-9-5-3-6-10-12;;/h3,5-6,9-10H,1-2,7,11H2,(H,14,15);;/q;+1;-1. The van der Waals surface area contributed by atoms with Gasteiger partial charge in [-0.2, -0.15) is 0 Å². The molecule has 0 atom stereocenters. The molecule has 0 aliphatic heterocycles. The second-order valence-corrected chi connectivity index (χ2v) is 3.27. The monoisotopic (exact) mass is 226 g/mol. The largest absolute Gasteiger partial charge is 1.00 e. The predicted octanol–water partition coefficient (Wildman–Crippen LogP) is -0.200. The van der Waals surface area contributed by atoms with Crippen LogP contribution in [-0.2, 0) is 4.79 Å². The molecule has 0 radical (unpaired) electrons. The molecule has 16 heavy (non-hydrogen) atoms. The van der Waals surface area contributed by atoms with Crippen LogP contribution in [0.5, 0.6) is 0 Å². The molecule has 0 heterocycles. The molecular weight excluding hydrogens is 211 g/mol. The van der Waals surface area contributed by atoms with Gasteiger partial charge in [0.05, 0.1) is 0 Å². The maximum atomic E-state index is 10.2. The van der Waals surface area contributed by atoms with Crippen molar-refractivity contribution in [2.75, 3.05) is 0 Å². The molecule has 1 aromatic rings. The summed E-state index contributed by atoms with van der Waals surface area (Å²) in [6.07, 6.45) is 2.57. The fourth-order valence-corrected chi connectivity index (χ4v) is 1.18. The van der Waals surface area contributed by atoms with Gasteiger partial charge in [0.2, 0.25) is 0 Å². The third kappa shape index (κ3) is 7.53. The molecule has 1 N–H and O–H groups in total. The minimum atomic E-state index is -0.731. The van der Waals surface area contributed by atoms with Gasteiger partial charge >= 0.3 is 35.5 Å². The van der Waals surface area contributed by atoms with Crippen LogP contribution in [-0.4, -0.2) is 11.1 Å². The molecule has 0 amide bonds. The van der Waals surface area contributed by atoms with Crippen LogP contribution in [0.3, 0.4) is 0 Å². The Morgan fingerprint density at radius 3 is 2.56 bits per heavy atom. The van der Waals surface area contributed by atoms with E-state index in [1.165, 1.54) is 0 Å². The first kappa shape index (κ1) is 15.2. The number of benzene rings is 1. The normalized spacial score (nSPS) is 8.50. The Morgan fingerprint density at radius 1 is 1.25 bits per heavy atom. The Morgan fingerprint density at radius 2 is 1.94 bits per heavy atom. The second kappa shape index (κ2) is 9.47. The average Bonchev–Trinajstić information content (AvgIpc) is 2.24. The predicted molar refractivity (Wildman–Crippen MR) is 60.5 cm³/mol. The molecule has 0 aliphatic rings. The summed E-state index contributed by atoms with van der Waals surface area (Å²) in [6, 6.07) is 9.79. The summed E-state index contributed by atoms with van der Waals surface area (Å²) in [4.78, 5) is 10.2. The van der Waals surface area contributed by atoms with Crippen molar-refractivity contribution in [3.8, 4) is 11.8 Å². The van der Waals surface area contributed by atoms with Gasteiger partial charge in [-0.15, -0.1) is 0 Å². The Bertz CT molecular complexity index is 368. The Labute approximate surface area is 120 Å². The van der Waals surface area contributed by atoms with E-state index in [1.807, 2.05) is 30.3 Å². The summed E-state index contributed by atoms with van der Waals surface area (Å²) in [5.41, 5.74) is 1.01. The van der Waals surface area contributed by atoms with E-state index in [2.05, 4.69) is 11.8 Å². The minimum Gasteiger partial charge on any atom is -1.00 e. The minimum absolute atomic E-state index is 0. The van der Waals surface area contributed by atoms with Crippen molar-refractivity contribution in [3.05, 3.63) is 35.9 Å². The average molecular weight is 226 g/mol. The first-order chi connectivity index (χ1) is 7.29. The molecule has 0 aliphatic carbocycles. The second-order valence-electron chi connectivity index (χ2n) is 3.27. The van der Waals surface area contributed by atoms with Crippen molar-refractivity contribution < 1.29 is 40.9 Å². The molecule has 3 heteroatoms. The fraction of sp³-hybridized carbons (Fsp3) is 0.308. The zero-order valence-electron chi connectivity index (χ0n) is 10.6. The number of carbonyl (C=O) groups is 1. The molecule has 0 unspecified atom stereocenters.